The van der Waals surface area contributed by atoms with E-state index in [1.807, 2.05) is 0 Å². The Morgan fingerprint density at radius 3 is 2.71 bits per heavy atom. The van der Waals surface area contributed by atoms with E-state index in [2.05, 4.69) is 45.1 Å². The Kier molecular flexibility index (Phi) is 5.71. The van der Waals surface area contributed by atoms with E-state index in [0.717, 1.165) is 19.6 Å². The smallest absolute Gasteiger partial charge is 0.145 e. The number of halogens is 3. The molecule has 1 heterocycles. The Hall–Kier alpha value is -0.560. The summed E-state index contributed by atoms with van der Waals surface area (Å²) in [5.74, 6) is -1.01. The monoisotopic (exact) mass is 361 g/mol. The summed E-state index contributed by atoms with van der Waals surface area (Å²) in [4.78, 5) is 4.52. The van der Waals surface area contributed by atoms with E-state index < -0.39 is 11.6 Å². The predicted molar refractivity (Wildman–Crippen MR) is 84.4 cm³/mol. The molecule has 1 aliphatic rings. The Morgan fingerprint density at radius 1 is 1.33 bits per heavy atom. The van der Waals surface area contributed by atoms with Crippen LogP contribution in [-0.2, 0) is 0 Å². The minimum Gasteiger partial charge on any atom is -0.313 e. The van der Waals surface area contributed by atoms with Crippen molar-refractivity contribution >= 4 is 15.9 Å². The van der Waals surface area contributed by atoms with Crippen LogP contribution in [0.15, 0.2) is 16.6 Å². The molecule has 1 fully saturated rings. The zero-order chi connectivity index (χ0) is 15.6. The van der Waals surface area contributed by atoms with Crippen molar-refractivity contribution in [3.8, 4) is 0 Å². The van der Waals surface area contributed by atoms with Crippen LogP contribution in [-0.4, -0.2) is 56.6 Å². The van der Waals surface area contributed by atoms with Crippen molar-refractivity contribution in [1.82, 2.24) is 15.1 Å². The minimum atomic E-state index is -0.513. The van der Waals surface area contributed by atoms with Gasteiger partial charge in [0.05, 0.1) is 4.47 Å². The molecule has 118 valence electrons. The first-order valence-corrected chi connectivity index (χ1v) is 7.92. The molecule has 21 heavy (non-hydrogen) atoms. The number of rotatable bonds is 4. The van der Waals surface area contributed by atoms with Gasteiger partial charge in [0.25, 0.3) is 0 Å². The van der Waals surface area contributed by atoms with Gasteiger partial charge in [-0.15, -0.1) is 0 Å². The van der Waals surface area contributed by atoms with Gasteiger partial charge in [0.15, 0.2) is 0 Å². The van der Waals surface area contributed by atoms with Gasteiger partial charge in [0.2, 0.25) is 0 Å². The first kappa shape index (κ1) is 16.8. The lowest BCUT2D eigenvalue weighted by molar-refractivity contribution is 0.101. The highest BCUT2D eigenvalue weighted by Gasteiger charge is 2.28. The van der Waals surface area contributed by atoms with Crippen molar-refractivity contribution in [2.24, 2.45) is 0 Å². The Bertz CT molecular complexity index is 498. The highest BCUT2D eigenvalue weighted by molar-refractivity contribution is 9.10. The van der Waals surface area contributed by atoms with Crippen molar-refractivity contribution < 1.29 is 8.78 Å². The lowest BCUT2D eigenvalue weighted by Crippen LogP contribution is -2.51. The third-order valence-corrected chi connectivity index (χ3v) is 4.88. The van der Waals surface area contributed by atoms with Crippen molar-refractivity contribution in [2.75, 3.05) is 40.8 Å². The van der Waals surface area contributed by atoms with E-state index in [-0.39, 0.29) is 17.6 Å². The average molecular weight is 362 g/mol. The Labute approximate surface area is 133 Å². The topological polar surface area (TPSA) is 18.5 Å². The molecule has 1 aromatic rings. The molecule has 1 saturated heterocycles. The van der Waals surface area contributed by atoms with Crippen LogP contribution in [0.5, 0.6) is 0 Å². The van der Waals surface area contributed by atoms with Crippen LogP contribution in [0.25, 0.3) is 0 Å². The van der Waals surface area contributed by atoms with Crippen LogP contribution in [0.4, 0.5) is 8.78 Å². The van der Waals surface area contributed by atoms with Crippen LogP contribution in [0.1, 0.15) is 18.0 Å². The summed E-state index contributed by atoms with van der Waals surface area (Å²) >= 11 is 3.14. The molecule has 0 aliphatic carbocycles. The standard InChI is InChI=1S/C15H22BrF2N3/c1-19-13(8-10-9-20(2)6-7-21(10)3)14-12(17)5-4-11(16)15(14)18/h4-5,10,13,19H,6-9H2,1-3H3. The van der Waals surface area contributed by atoms with Crippen molar-refractivity contribution in [1.29, 1.82) is 0 Å². The van der Waals surface area contributed by atoms with E-state index in [4.69, 9.17) is 0 Å². The number of hydrogen-bond donors (Lipinski definition) is 1. The molecule has 0 saturated carbocycles. The summed E-state index contributed by atoms with van der Waals surface area (Å²) in [6, 6.07) is 2.64. The number of piperazine rings is 1. The van der Waals surface area contributed by atoms with Crippen LogP contribution >= 0.6 is 15.9 Å². The second-order valence-corrected chi connectivity index (χ2v) is 6.58. The van der Waals surface area contributed by atoms with Gasteiger partial charge >= 0.3 is 0 Å². The van der Waals surface area contributed by atoms with Gasteiger partial charge in [-0.1, -0.05) is 0 Å². The number of benzene rings is 1. The van der Waals surface area contributed by atoms with E-state index in [9.17, 15) is 8.78 Å². The van der Waals surface area contributed by atoms with Crippen LogP contribution in [0.2, 0.25) is 0 Å². The summed E-state index contributed by atoms with van der Waals surface area (Å²) in [6.07, 6.45) is 0.668. The normalized spacial score (nSPS) is 22.5. The van der Waals surface area contributed by atoms with Gasteiger partial charge in [0.1, 0.15) is 11.6 Å². The first-order chi connectivity index (χ1) is 9.93. The summed E-state index contributed by atoms with van der Waals surface area (Å²) in [6.45, 7) is 2.91. The fraction of sp³-hybridized carbons (Fsp3) is 0.600. The Balaban J connectivity index is 2.22. The molecule has 0 spiro atoms. The average Bonchev–Trinajstić information content (AvgIpc) is 2.45. The van der Waals surface area contributed by atoms with Crippen molar-refractivity contribution in [3.63, 3.8) is 0 Å². The second-order valence-electron chi connectivity index (χ2n) is 5.73. The fourth-order valence-corrected chi connectivity index (χ4v) is 3.22. The molecule has 6 heteroatoms. The summed E-state index contributed by atoms with van der Waals surface area (Å²) in [5.41, 5.74) is 0.119. The van der Waals surface area contributed by atoms with Crippen molar-refractivity contribution in [3.05, 3.63) is 33.8 Å². The fourth-order valence-electron chi connectivity index (χ4n) is 2.87. The lowest BCUT2D eigenvalue weighted by Gasteiger charge is -2.39. The van der Waals surface area contributed by atoms with E-state index in [1.165, 1.54) is 12.1 Å². The molecule has 1 N–H and O–H groups in total. The van der Waals surface area contributed by atoms with Crippen LogP contribution in [0.3, 0.4) is 0 Å². The molecule has 2 atom stereocenters. The zero-order valence-electron chi connectivity index (χ0n) is 12.7. The maximum Gasteiger partial charge on any atom is 0.145 e. The molecule has 0 aromatic heterocycles. The SMILES string of the molecule is CNC(CC1CN(C)CCN1C)c1c(F)ccc(Br)c1F. The molecule has 0 amide bonds. The third kappa shape index (κ3) is 3.80. The highest BCUT2D eigenvalue weighted by Crippen LogP contribution is 2.30. The van der Waals surface area contributed by atoms with E-state index in [1.54, 1.807) is 7.05 Å². The molecule has 3 nitrogen and oxygen atoms in total. The molecule has 0 radical (unpaired) electrons. The molecule has 1 aliphatic heterocycles. The molecular weight excluding hydrogens is 340 g/mol. The Morgan fingerprint density at radius 2 is 2.05 bits per heavy atom. The number of nitrogens with one attached hydrogen (secondary N) is 1. The van der Waals surface area contributed by atoms with E-state index in [0.29, 0.717) is 10.9 Å². The largest absolute Gasteiger partial charge is 0.313 e. The first-order valence-electron chi connectivity index (χ1n) is 7.13. The maximum absolute atomic E-state index is 14.3. The number of nitrogens with zero attached hydrogens (tertiary/aromatic N) is 2. The maximum atomic E-state index is 14.3. The predicted octanol–water partition coefficient (Wildman–Crippen LogP) is 2.62. The van der Waals surface area contributed by atoms with Gasteiger partial charge in [-0.05, 0) is 55.6 Å². The molecule has 0 bridgehead atoms. The lowest BCUT2D eigenvalue weighted by atomic mass is 9.96. The number of likely N-dealkylation sites (N-methyl/N-ethyl adjacent to an activating group) is 2. The molecule has 2 unspecified atom stereocenters. The highest BCUT2D eigenvalue weighted by atomic mass is 79.9. The quantitative estimate of drug-likeness (QED) is 0.831. The van der Waals surface area contributed by atoms with Crippen LogP contribution in [0, 0.1) is 11.6 Å². The summed E-state index contributed by atoms with van der Waals surface area (Å²) < 4.78 is 28.6. The van der Waals surface area contributed by atoms with Crippen molar-refractivity contribution in [2.45, 2.75) is 18.5 Å². The van der Waals surface area contributed by atoms with Gasteiger partial charge in [-0.3, -0.25) is 0 Å². The van der Waals surface area contributed by atoms with Gasteiger partial charge in [-0.2, -0.15) is 0 Å². The molecule has 1 aromatic carbocycles. The minimum absolute atomic E-state index is 0.119. The molecular formula is C15H22BrF2N3. The number of hydrogen-bond acceptors (Lipinski definition) is 3. The van der Waals surface area contributed by atoms with E-state index >= 15 is 0 Å². The molecule has 2 rings (SSSR count). The van der Waals surface area contributed by atoms with Gasteiger partial charge < -0.3 is 15.1 Å². The summed E-state index contributed by atoms with van der Waals surface area (Å²) in [5, 5.41) is 3.06. The van der Waals surface area contributed by atoms with Crippen LogP contribution < -0.4 is 5.32 Å². The van der Waals surface area contributed by atoms with Gasteiger partial charge in [0, 0.05) is 37.3 Å². The second kappa shape index (κ2) is 7.13. The third-order valence-electron chi connectivity index (χ3n) is 4.26. The van der Waals surface area contributed by atoms with Gasteiger partial charge in [-0.25, -0.2) is 8.78 Å². The zero-order valence-corrected chi connectivity index (χ0v) is 14.3. The summed E-state index contributed by atoms with van der Waals surface area (Å²) in [7, 11) is 5.89.